The zero-order valence-corrected chi connectivity index (χ0v) is 25.9. The van der Waals surface area contributed by atoms with Gasteiger partial charge in [0, 0.05) is 23.1 Å². The monoisotopic (exact) mass is 601 g/mol. The highest BCUT2D eigenvalue weighted by Gasteiger charge is 2.53. The number of hydrogen-bond donors (Lipinski definition) is 2. The fourth-order valence-electron chi connectivity index (χ4n) is 6.41. The summed E-state index contributed by atoms with van der Waals surface area (Å²) in [6.07, 6.45) is 9.25. The lowest BCUT2D eigenvalue weighted by Gasteiger charge is -2.47. The van der Waals surface area contributed by atoms with Crippen molar-refractivity contribution in [1.82, 2.24) is 10.2 Å². The number of aliphatic carboxylic acids is 1. The molecule has 0 aromatic heterocycles. The van der Waals surface area contributed by atoms with Crippen molar-refractivity contribution in [2.24, 2.45) is 22.2 Å². The largest absolute Gasteiger partial charge is 0.481 e. The molecule has 1 aromatic carbocycles. The molecule has 0 bridgehead atoms. The Morgan fingerprint density at radius 2 is 1.83 bits per heavy atom. The number of hydrogen-bond acceptors (Lipinski definition) is 4. The molecule has 2 aliphatic carbocycles. The number of carboxylic acid groups (broad SMARTS) is 1. The van der Waals surface area contributed by atoms with Crippen LogP contribution in [0.4, 0.5) is 0 Å². The Balaban J connectivity index is 1.65. The van der Waals surface area contributed by atoms with Crippen molar-refractivity contribution in [1.29, 1.82) is 0 Å². The molecule has 1 spiro atoms. The van der Waals surface area contributed by atoms with Gasteiger partial charge in [-0.1, -0.05) is 75.5 Å². The van der Waals surface area contributed by atoms with Gasteiger partial charge in [-0.2, -0.15) is 0 Å². The average Bonchev–Trinajstić information content (AvgIpc) is 3.19. The van der Waals surface area contributed by atoms with Crippen molar-refractivity contribution in [2.75, 3.05) is 6.54 Å². The second-order valence-corrected chi connectivity index (χ2v) is 13.4. The van der Waals surface area contributed by atoms with Gasteiger partial charge in [-0.15, -0.1) is 0 Å². The maximum absolute atomic E-state index is 14.3. The number of carbonyl (C=O) groups excluding carboxylic acids is 2. The van der Waals surface area contributed by atoms with E-state index >= 15 is 0 Å². The summed E-state index contributed by atoms with van der Waals surface area (Å²) in [4.78, 5) is 45.0. The van der Waals surface area contributed by atoms with Crippen LogP contribution in [0.1, 0.15) is 101 Å². The van der Waals surface area contributed by atoms with Crippen LogP contribution in [0.25, 0.3) is 0 Å². The molecule has 222 valence electrons. The van der Waals surface area contributed by atoms with Crippen LogP contribution >= 0.6 is 23.2 Å². The molecule has 1 aliphatic heterocycles. The van der Waals surface area contributed by atoms with Gasteiger partial charge in [0.2, 0.25) is 0 Å². The summed E-state index contributed by atoms with van der Waals surface area (Å²) in [6.45, 7) is 9.03. The molecule has 41 heavy (non-hydrogen) atoms. The van der Waals surface area contributed by atoms with Crippen molar-refractivity contribution in [3.63, 3.8) is 0 Å². The maximum atomic E-state index is 14.3. The summed E-state index contributed by atoms with van der Waals surface area (Å²) in [7, 11) is 0. The van der Waals surface area contributed by atoms with E-state index in [1.165, 1.54) is 0 Å². The van der Waals surface area contributed by atoms with E-state index in [0.717, 1.165) is 44.1 Å². The van der Waals surface area contributed by atoms with Crippen LogP contribution < -0.4 is 5.32 Å². The van der Waals surface area contributed by atoms with Gasteiger partial charge >= 0.3 is 5.97 Å². The number of amides is 2. The standard InChI is InChI=1S/C32H41Cl2N3O4/c1-5-6-26(20-7-9-21(10-8-20)29(40)35-18-15-27(38)39)37-30(41)28(22-11-12-24(33)25(34)19-22)36-32(37)16-13-23(14-17-32)31(2,3)4/h7-12,22-23,26H,5-6,13-19H2,1-4H3,(H,35,40)(H,38,39). The highest BCUT2D eigenvalue weighted by Crippen LogP contribution is 2.50. The molecule has 0 radical (unpaired) electrons. The molecule has 2 N–H and O–H groups in total. The van der Waals surface area contributed by atoms with Gasteiger partial charge in [-0.05, 0) is 73.6 Å². The first kappa shape index (κ1) is 31.3. The third-order valence-corrected chi connectivity index (χ3v) is 9.57. The number of aliphatic imine (C=N–C) groups is 1. The van der Waals surface area contributed by atoms with Gasteiger partial charge < -0.3 is 15.3 Å². The molecule has 2 atom stereocenters. The average molecular weight is 603 g/mol. The molecule has 9 heteroatoms. The number of benzene rings is 1. The smallest absolute Gasteiger partial charge is 0.305 e. The zero-order valence-electron chi connectivity index (χ0n) is 24.4. The van der Waals surface area contributed by atoms with Crippen LogP contribution in [0.5, 0.6) is 0 Å². The number of carbonyl (C=O) groups is 3. The number of allylic oxidation sites excluding steroid dienone is 4. The minimum atomic E-state index is -0.963. The van der Waals surface area contributed by atoms with E-state index in [1.54, 1.807) is 18.2 Å². The van der Waals surface area contributed by atoms with Crippen molar-refractivity contribution in [3.8, 4) is 0 Å². The van der Waals surface area contributed by atoms with Crippen LogP contribution in [0.2, 0.25) is 0 Å². The number of halogens is 2. The summed E-state index contributed by atoms with van der Waals surface area (Å²) in [5, 5.41) is 12.5. The molecule has 4 rings (SSSR count). The fourth-order valence-corrected chi connectivity index (χ4v) is 6.79. The predicted molar refractivity (Wildman–Crippen MR) is 163 cm³/mol. The van der Waals surface area contributed by atoms with Gasteiger partial charge in [-0.3, -0.25) is 19.4 Å². The Bertz CT molecular complexity index is 1250. The molecule has 1 aromatic rings. The summed E-state index contributed by atoms with van der Waals surface area (Å²) < 4.78 is 0. The van der Waals surface area contributed by atoms with E-state index in [9.17, 15) is 14.4 Å². The highest BCUT2D eigenvalue weighted by atomic mass is 35.5. The number of rotatable bonds is 9. The molecular formula is C32H41Cl2N3O4. The molecule has 7 nitrogen and oxygen atoms in total. The van der Waals surface area contributed by atoms with E-state index in [1.807, 2.05) is 23.1 Å². The van der Waals surface area contributed by atoms with E-state index < -0.39 is 11.6 Å². The number of nitrogens with zero attached hydrogens (tertiary/aromatic N) is 2. The first-order chi connectivity index (χ1) is 19.4. The van der Waals surface area contributed by atoms with Crippen LogP contribution in [-0.4, -0.2) is 45.7 Å². The van der Waals surface area contributed by atoms with Gasteiger partial charge in [0.1, 0.15) is 11.4 Å². The minimum Gasteiger partial charge on any atom is -0.481 e. The maximum Gasteiger partial charge on any atom is 0.305 e. The fraction of sp³-hybridized carbons (Fsp3) is 0.562. The highest BCUT2D eigenvalue weighted by molar-refractivity contribution is 6.43. The lowest BCUT2D eigenvalue weighted by Crippen LogP contribution is -2.51. The Kier molecular flexibility index (Phi) is 9.70. The van der Waals surface area contributed by atoms with Crippen LogP contribution in [0.3, 0.4) is 0 Å². The number of carboxylic acids is 1. The second kappa shape index (κ2) is 12.7. The van der Waals surface area contributed by atoms with E-state index in [4.69, 9.17) is 33.3 Å². The topological polar surface area (TPSA) is 99.1 Å². The molecule has 1 heterocycles. The third-order valence-electron chi connectivity index (χ3n) is 8.77. The lowest BCUT2D eigenvalue weighted by molar-refractivity contribution is -0.137. The summed E-state index contributed by atoms with van der Waals surface area (Å²) in [5.41, 5.74) is 1.52. The molecular weight excluding hydrogens is 561 g/mol. The Morgan fingerprint density at radius 1 is 1.17 bits per heavy atom. The minimum absolute atomic E-state index is 0.0507. The summed E-state index contributed by atoms with van der Waals surface area (Å²) >= 11 is 12.6. The summed E-state index contributed by atoms with van der Waals surface area (Å²) in [6, 6.07) is 7.11. The van der Waals surface area contributed by atoms with Gasteiger partial charge in [0.25, 0.3) is 11.8 Å². The van der Waals surface area contributed by atoms with Crippen molar-refractivity contribution in [3.05, 3.63) is 57.6 Å². The molecule has 1 fully saturated rings. The van der Waals surface area contributed by atoms with Crippen LogP contribution in [0, 0.1) is 17.3 Å². The third kappa shape index (κ3) is 6.89. The SMILES string of the molecule is CCCC(c1ccc(C(=O)NCCC(=O)O)cc1)N1C(=O)C(C2C=CC(Cl)=C(Cl)C2)=NC12CCC(C(C)(C)C)CC2. The molecule has 2 amide bonds. The van der Waals surface area contributed by atoms with Crippen molar-refractivity contribution < 1.29 is 19.5 Å². The van der Waals surface area contributed by atoms with Gasteiger partial charge in [0.15, 0.2) is 0 Å². The first-order valence-corrected chi connectivity index (χ1v) is 15.4. The Hall–Kier alpha value is -2.64. The van der Waals surface area contributed by atoms with E-state index in [0.29, 0.717) is 33.7 Å². The van der Waals surface area contributed by atoms with Crippen LogP contribution in [0.15, 0.2) is 51.5 Å². The zero-order chi connectivity index (χ0) is 29.9. The molecule has 3 aliphatic rings. The lowest BCUT2D eigenvalue weighted by atomic mass is 9.69. The van der Waals surface area contributed by atoms with Gasteiger partial charge in [0.05, 0.1) is 17.5 Å². The van der Waals surface area contributed by atoms with E-state index in [-0.39, 0.29) is 42.2 Å². The van der Waals surface area contributed by atoms with Crippen molar-refractivity contribution in [2.45, 2.75) is 90.8 Å². The predicted octanol–water partition coefficient (Wildman–Crippen LogP) is 7.21. The summed E-state index contributed by atoms with van der Waals surface area (Å²) in [5.74, 6) is -1.00. The normalized spacial score (nSPS) is 25.5. The molecule has 2 unspecified atom stereocenters. The Labute approximate surface area is 253 Å². The number of nitrogens with one attached hydrogen (secondary N) is 1. The molecule has 1 saturated carbocycles. The second-order valence-electron chi connectivity index (χ2n) is 12.5. The van der Waals surface area contributed by atoms with E-state index in [2.05, 4.69) is 33.0 Å². The van der Waals surface area contributed by atoms with Crippen LogP contribution in [-0.2, 0) is 9.59 Å². The quantitative estimate of drug-likeness (QED) is 0.312. The first-order valence-electron chi connectivity index (χ1n) is 14.6. The van der Waals surface area contributed by atoms with Gasteiger partial charge in [-0.25, -0.2) is 0 Å². The molecule has 0 saturated heterocycles. The Morgan fingerprint density at radius 3 is 2.39 bits per heavy atom. The van der Waals surface area contributed by atoms with Crippen molar-refractivity contribution >= 4 is 46.7 Å².